The maximum absolute atomic E-state index is 14.6. The van der Waals surface area contributed by atoms with Gasteiger partial charge in [-0.25, -0.2) is 16.8 Å². The number of pyridine rings is 1. The number of benzene rings is 1. The summed E-state index contributed by atoms with van der Waals surface area (Å²) in [5.74, 6) is -1.55. The Morgan fingerprint density at radius 1 is 1.08 bits per heavy atom. The molecule has 0 saturated heterocycles. The minimum absolute atomic E-state index is 0.107. The highest BCUT2D eigenvalue weighted by Gasteiger charge is 2.51. The number of sulfone groups is 1. The Hall–Kier alpha value is -2.93. The number of rotatable bonds is 4. The summed E-state index contributed by atoms with van der Waals surface area (Å²) in [5, 5.41) is 0. The maximum atomic E-state index is 14.6. The first-order valence-corrected chi connectivity index (χ1v) is 14.3. The predicted octanol–water partition coefficient (Wildman–Crippen LogP) is 4.57. The van der Waals surface area contributed by atoms with E-state index in [4.69, 9.17) is 4.74 Å². The third-order valence-electron chi connectivity index (χ3n) is 6.03. The molecule has 1 aliphatic heterocycles. The highest BCUT2D eigenvalue weighted by Crippen LogP contribution is 2.52. The van der Waals surface area contributed by atoms with Crippen molar-refractivity contribution in [2.45, 2.75) is 45.5 Å². The fourth-order valence-corrected chi connectivity index (χ4v) is 6.09. The number of nitrogens with zero attached hydrogens (tertiary/aromatic N) is 2. The van der Waals surface area contributed by atoms with Crippen LogP contribution in [0.1, 0.15) is 57.0 Å². The second kappa shape index (κ2) is 8.83. The quantitative estimate of drug-likeness (QED) is 0.504. The molecular weight excluding hydrogens is 533 g/mol. The number of carbonyl (C=O) groups excluding carboxylic acids is 1. The van der Waals surface area contributed by atoms with E-state index in [2.05, 4.69) is 4.98 Å². The summed E-state index contributed by atoms with van der Waals surface area (Å²) in [6.45, 7) is 7.12. The average molecular weight is 561 g/mol. The molecule has 0 aliphatic carbocycles. The number of halogens is 3. The minimum atomic E-state index is -5.19. The zero-order valence-corrected chi connectivity index (χ0v) is 22.9. The number of hydrogen-bond donors (Lipinski definition) is 0. The SMILES string of the molecule is CN(c1cccc(C2=C(OC(=O)C(C)(C)C)c3ncccc3C(C)(C)S2(=O)=O)c1C(F)(F)F)S(C)(=O)=O. The first kappa shape index (κ1) is 28.6. The van der Waals surface area contributed by atoms with Crippen molar-refractivity contribution in [2.24, 2.45) is 5.41 Å². The molecule has 0 radical (unpaired) electrons. The van der Waals surface area contributed by atoms with Crippen LogP contribution in [0.4, 0.5) is 18.9 Å². The van der Waals surface area contributed by atoms with Crippen molar-refractivity contribution in [3.63, 3.8) is 0 Å². The normalized spacial score (nSPS) is 17.2. The van der Waals surface area contributed by atoms with Gasteiger partial charge in [0.2, 0.25) is 10.0 Å². The Balaban J connectivity index is 2.59. The fraction of sp³-hybridized carbons (Fsp3) is 0.417. The van der Waals surface area contributed by atoms with Crippen LogP contribution in [-0.2, 0) is 40.3 Å². The van der Waals surface area contributed by atoms with Gasteiger partial charge in [-0.2, -0.15) is 13.2 Å². The van der Waals surface area contributed by atoms with Gasteiger partial charge in [0.1, 0.15) is 10.6 Å². The summed E-state index contributed by atoms with van der Waals surface area (Å²) in [5.41, 5.74) is -4.28. The van der Waals surface area contributed by atoms with Crippen LogP contribution >= 0.6 is 0 Å². The molecule has 2 aromatic rings. The van der Waals surface area contributed by atoms with E-state index in [9.17, 15) is 34.8 Å². The molecule has 13 heteroatoms. The standard InChI is InChI=1S/C24H27F3N2O6S2/c1-22(2,3)21(30)35-19-18-15(11-9-13-28-18)23(4,5)37(33,34)20(19)14-10-8-12-16(17(14)24(25,26)27)29(6)36(7,31)32/h8-13H,1-7H3. The molecule has 1 aromatic carbocycles. The average Bonchev–Trinajstić information content (AvgIpc) is 2.74. The number of sulfonamides is 1. The second-order valence-electron chi connectivity index (χ2n) is 10.1. The molecule has 1 aliphatic rings. The molecule has 0 unspecified atom stereocenters. The Morgan fingerprint density at radius 2 is 1.68 bits per heavy atom. The third-order valence-corrected chi connectivity index (χ3v) is 9.73. The second-order valence-corrected chi connectivity index (χ2v) is 14.6. The van der Waals surface area contributed by atoms with Gasteiger partial charge in [0.15, 0.2) is 15.6 Å². The topological polar surface area (TPSA) is 111 Å². The smallest absolute Gasteiger partial charge is 0.419 e. The molecule has 1 aromatic heterocycles. The van der Waals surface area contributed by atoms with Gasteiger partial charge in [0.25, 0.3) is 0 Å². The van der Waals surface area contributed by atoms with Gasteiger partial charge in [0, 0.05) is 24.4 Å². The van der Waals surface area contributed by atoms with Gasteiger partial charge < -0.3 is 4.74 Å². The van der Waals surface area contributed by atoms with Crippen LogP contribution in [0.15, 0.2) is 36.5 Å². The van der Waals surface area contributed by atoms with E-state index in [-0.39, 0.29) is 11.3 Å². The molecule has 0 amide bonds. The zero-order chi connectivity index (χ0) is 28.4. The number of esters is 1. The van der Waals surface area contributed by atoms with Gasteiger partial charge in [-0.15, -0.1) is 0 Å². The number of aromatic nitrogens is 1. The summed E-state index contributed by atoms with van der Waals surface area (Å²) in [4.78, 5) is 16.2. The largest absolute Gasteiger partial charge is 0.422 e. The predicted molar refractivity (Wildman–Crippen MR) is 133 cm³/mol. The Labute approximate surface area is 214 Å². The van der Waals surface area contributed by atoms with E-state index in [1.54, 1.807) is 0 Å². The van der Waals surface area contributed by atoms with Crippen molar-refractivity contribution < 1.29 is 39.5 Å². The van der Waals surface area contributed by atoms with Crippen molar-refractivity contribution in [2.75, 3.05) is 17.6 Å². The molecule has 0 N–H and O–H groups in total. The minimum Gasteiger partial charge on any atom is -0.422 e. The third kappa shape index (κ3) is 4.86. The van der Waals surface area contributed by atoms with Crippen molar-refractivity contribution in [1.82, 2.24) is 4.98 Å². The van der Waals surface area contributed by atoms with E-state index < -0.39 is 69.6 Å². The molecule has 8 nitrogen and oxygen atoms in total. The highest BCUT2D eigenvalue weighted by atomic mass is 32.2. The van der Waals surface area contributed by atoms with Crippen molar-refractivity contribution in [1.29, 1.82) is 0 Å². The van der Waals surface area contributed by atoms with E-state index >= 15 is 0 Å². The summed E-state index contributed by atoms with van der Waals surface area (Å²) in [6.07, 6.45) is -3.18. The van der Waals surface area contributed by atoms with E-state index in [0.29, 0.717) is 4.31 Å². The molecule has 0 fully saturated rings. The lowest BCUT2D eigenvalue weighted by molar-refractivity contribution is -0.145. The molecule has 37 heavy (non-hydrogen) atoms. The van der Waals surface area contributed by atoms with Gasteiger partial charge in [0.05, 0.1) is 27.7 Å². The number of carbonyl (C=O) groups is 1. The van der Waals surface area contributed by atoms with Crippen LogP contribution in [0.5, 0.6) is 0 Å². The number of ether oxygens (including phenoxy) is 1. The molecule has 2 heterocycles. The summed E-state index contributed by atoms with van der Waals surface area (Å²) >= 11 is 0. The lowest BCUT2D eigenvalue weighted by Crippen LogP contribution is -2.37. The van der Waals surface area contributed by atoms with Gasteiger partial charge >= 0.3 is 12.1 Å². The number of alkyl halides is 3. The van der Waals surface area contributed by atoms with Gasteiger partial charge in [-0.3, -0.25) is 14.1 Å². The summed E-state index contributed by atoms with van der Waals surface area (Å²) < 4.78 is 100. The van der Waals surface area contributed by atoms with Crippen LogP contribution in [0.3, 0.4) is 0 Å². The summed E-state index contributed by atoms with van der Waals surface area (Å²) in [7, 11) is -7.92. The van der Waals surface area contributed by atoms with Gasteiger partial charge in [-0.05, 0) is 46.8 Å². The molecule has 3 rings (SSSR count). The molecule has 0 bridgehead atoms. The fourth-order valence-electron chi connectivity index (χ4n) is 3.78. The van der Waals surface area contributed by atoms with Crippen molar-refractivity contribution in [3.05, 3.63) is 58.9 Å². The monoisotopic (exact) mass is 560 g/mol. The molecule has 202 valence electrons. The van der Waals surface area contributed by atoms with Crippen LogP contribution in [0.25, 0.3) is 10.7 Å². The van der Waals surface area contributed by atoms with E-state index in [1.165, 1.54) is 52.9 Å². The zero-order valence-electron chi connectivity index (χ0n) is 21.3. The van der Waals surface area contributed by atoms with Crippen LogP contribution in [-0.4, -0.2) is 41.1 Å². The van der Waals surface area contributed by atoms with E-state index in [1.807, 2.05) is 0 Å². The highest BCUT2D eigenvalue weighted by molar-refractivity contribution is 8.01. The Kier molecular flexibility index (Phi) is 6.83. The number of hydrogen-bond acceptors (Lipinski definition) is 7. The van der Waals surface area contributed by atoms with Crippen LogP contribution < -0.4 is 4.31 Å². The first-order chi connectivity index (χ1) is 16.6. The molecule has 0 spiro atoms. The number of fused-ring (bicyclic) bond motifs is 1. The Morgan fingerprint density at radius 3 is 2.19 bits per heavy atom. The van der Waals surface area contributed by atoms with Crippen molar-refractivity contribution >= 4 is 42.2 Å². The molecule has 0 atom stereocenters. The molecule has 0 saturated carbocycles. The molecular formula is C24H27F3N2O6S2. The lowest BCUT2D eigenvalue weighted by atomic mass is 9.95. The van der Waals surface area contributed by atoms with Crippen LogP contribution in [0.2, 0.25) is 0 Å². The lowest BCUT2D eigenvalue weighted by Gasteiger charge is -2.35. The van der Waals surface area contributed by atoms with Crippen LogP contribution in [0, 0.1) is 5.41 Å². The van der Waals surface area contributed by atoms with Gasteiger partial charge in [-0.1, -0.05) is 18.2 Å². The Bertz CT molecular complexity index is 1520. The summed E-state index contributed by atoms with van der Waals surface area (Å²) in [6, 6.07) is 5.84. The first-order valence-electron chi connectivity index (χ1n) is 10.9. The van der Waals surface area contributed by atoms with E-state index in [0.717, 1.165) is 31.5 Å². The van der Waals surface area contributed by atoms with Crippen molar-refractivity contribution in [3.8, 4) is 0 Å². The number of anilines is 1. The maximum Gasteiger partial charge on any atom is 0.419 e.